The smallest absolute Gasteiger partial charge is 0.162 e. The zero-order chi connectivity index (χ0) is 14.2. The topological polar surface area (TPSA) is 50.5 Å². The van der Waals surface area contributed by atoms with Crippen LogP contribution in [0.1, 0.15) is 50.3 Å². The zero-order valence-corrected chi connectivity index (χ0v) is 12.5. The highest BCUT2D eigenvalue weighted by Gasteiger charge is 2.48. The number of likely N-dealkylation sites (tertiary alicyclic amines) is 1. The van der Waals surface area contributed by atoms with E-state index in [4.69, 9.17) is 4.74 Å². The maximum atomic E-state index is 11.1. The van der Waals surface area contributed by atoms with Gasteiger partial charge in [-0.05, 0) is 38.8 Å². The van der Waals surface area contributed by atoms with Gasteiger partial charge in [0.1, 0.15) is 11.8 Å². The summed E-state index contributed by atoms with van der Waals surface area (Å²) in [4.78, 5) is 2.51. The van der Waals surface area contributed by atoms with Crippen LogP contribution in [-0.4, -0.2) is 45.5 Å². The third-order valence-electron chi connectivity index (χ3n) is 5.14. The van der Waals surface area contributed by atoms with Crippen molar-refractivity contribution in [3.05, 3.63) is 11.9 Å². The Morgan fingerprint density at radius 2 is 1.90 bits per heavy atom. The molecule has 1 aromatic rings. The van der Waals surface area contributed by atoms with Crippen LogP contribution < -0.4 is 4.74 Å². The van der Waals surface area contributed by atoms with Crippen LogP contribution >= 0.6 is 0 Å². The largest absolute Gasteiger partial charge is 0.493 e. The lowest BCUT2D eigenvalue weighted by atomic mass is 9.86. The highest BCUT2D eigenvalue weighted by molar-refractivity contribution is 5.30. The van der Waals surface area contributed by atoms with Crippen LogP contribution in [0.5, 0.6) is 5.75 Å². The first-order valence-electron chi connectivity index (χ1n) is 7.68. The van der Waals surface area contributed by atoms with E-state index in [2.05, 4.69) is 10.00 Å². The van der Waals surface area contributed by atoms with Gasteiger partial charge in [-0.15, -0.1) is 0 Å². The molecule has 1 unspecified atom stereocenters. The number of ether oxygens (including phenoxy) is 1. The standard InChI is InChI=1S/C15H25N3O2/c1-17-13(12(20-2)11-16-17)14(19)15(7-3-4-8-15)18-9-5-6-10-18/h11,14,19H,3-10H2,1-2H3. The number of hydrogen-bond donors (Lipinski definition) is 1. The molecule has 20 heavy (non-hydrogen) atoms. The van der Waals surface area contributed by atoms with Crippen molar-refractivity contribution in [2.24, 2.45) is 7.05 Å². The Labute approximate surface area is 120 Å². The van der Waals surface area contributed by atoms with E-state index < -0.39 is 6.10 Å². The molecule has 112 valence electrons. The molecule has 3 rings (SSSR count). The van der Waals surface area contributed by atoms with Gasteiger partial charge >= 0.3 is 0 Å². The van der Waals surface area contributed by atoms with Crippen LogP contribution in [0.4, 0.5) is 0 Å². The van der Waals surface area contributed by atoms with E-state index in [1.165, 1.54) is 25.7 Å². The number of rotatable bonds is 4. The fourth-order valence-electron chi connectivity index (χ4n) is 4.06. The third kappa shape index (κ3) is 2.04. The molecule has 1 aliphatic heterocycles. The first-order chi connectivity index (χ1) is 9.69. The molecule has 0 aromatic carbocycles. The van der Waals surface area contributed by atoms with E-state index >= 15 is 0 Å². The Kier molecular flexibility index (Phi) is 3.73. The summed E-state index contributed by atoms with van der Waals surface area (Å²) >= 11 is 0. The number of aliphatic hydroxyl groups is 1. The monoisotopic (exact) mass is 279 g/mol. The number of nitrogens with zero attached hydrogens (tertiary/aromatic N) is 3. The normalized spacial score (nSPS) is 24.1. The summed E-state index contributed by atoms with van der Waals surface area (Å²) in [6, 6.07) is 0. The minimum atomic E-state index is -0.523. The zero-order valence-electron chi connectivity index (χ0n) is 12.5. The molecule has 5 heteroatoms. The molecule has 0 radical (unpaired) electrons. The molecule has 5 nitrogen and oxygen atoms in total. The summed E-state index contributed by atoms with van der Waals surface area (Å²) in [5.74, 6) is 0.700. The molecule has 0 amide bonds. The van der Waals surface area contributed by atoms with Crippen LogP contribution in [0.3, 0.4) is 0 Å². The molecule has 1 aromatic heterocycles. The second kappa shape index (κ2) is 5.37. The molecule has 1 atom stereocenters. The first kappa shape index (κ1) is 13.9. The predicted octanol–water partition coefficient (Wildman–Crippen LogP) is 1.87. The third-order valence-corrected chi connectivity index (χ3v) is 5.14. The summed E-state index contributed by atoms with van der Waals surface area (Å²) in [6.07, 6.45) is 8.22. The van der Waals surface area contributed by atoms with Gasteiger partial charge in [-0.25, -0.2) is 0 Å². The lowest BCUT2D eigenvalue weighted by Gasteiger charge is -2.42. The van der Waals surface area contributed by atoms with Crippen LogP contribution in [0.2, 0.25) is 0 Å². The predicted molar refractivity (Wildman–Crippen MR) is 76.7 cm³/mol. The average Bonchev–Trinajstić information content (AvgIpc) is 3.18. The number of hydrogen-bond acceptors (Lipinski definition) is 4. The van der Waals surface area contributed by atoms with Gasteiger partial charge in [0.15, 0.2) is 5.75 Å². The maximum absolute atomic E-state index is 11.1. The Bertz CT molecular complexity index is 460. The van der Waals surface area contributed by atoms with Gasteiger partial charge in [-0.3, -0.25) is 9.58 Å². The van der Waals surface area contributed by atoms with Crippen LogP contribution in [0.25, 0.3) is 0 Å². The summed E-state index contributed by atoms with van der Waals surface area (Å²) in [6.45, 7) is 2.22. The summed E-state index contributed by atoms with van der Waals surface area (Å²) in [7, 11) is 3.53. The molecule has 0 bridgehead atoms. The van der Waals surface area contributed by atoms with Crippen LogP contribution in [0, 0.1) is 0 Å². The molecule has 1 aliphatic carbocycles. The van der Waals surface area contributed by atoms with Gasteiger partial charge in [-0.2, -0.15) is 5.10 Å². The molecular weight excluding hydrogens is 254 g/mol. The van der Waals surface area contributed by atoms with E-state index in [1.807, 2.05) is 7.05 Å². The lowest BCUT2D eigenvalue weighted by Crippen LogP contribution is -2.50. The quantitative estimate of drug-likeness (QED) is 0.914. The minimum absolute atomic E-state index is 0.114. The van der Waals surface area contributed by atoms with Crippen molar-refractivity contribution in [2.75, 3.05) is 20.2 Å². The molecule has 1 N–H and O–H groups in total. The van der Waals surface area contributed by atoms with E-state index in [0.717, 1.165) is 31.6 Å². The second-order valence-corrected chi connectivity index (χ2v) is 6.13. The van der Waals surface area contributed by atoms with Crippen molar-refractivity contribution in [3.8, 4) is 5.75 Å². The van der Waals surface area contributed by atoms with Gasteiger partial charge < -0.3 is 9.84 Å². The fourth-order valence-corrected chi connectivity index (χ4v) is 4.06. The lowest BCUT2D eigenvalue weighted by molar-refractivity contribution is -0.0248. The molecule has 0 spiro atoms. The maximum Gasteiger partial charge on any atom is 0.162 e. The van der Waals surface area contributed by atoms with Crippen LogP contribution in [-0.2, 0) is 7.05 Å². The fraction of sp³-hybridized carbons (Fsp3) is 0.800. The van der Waals surface area contributed by atoms with Gasteiger partial charge in [0.25, 0.3) is 0 Å². The minimum Gasteiger partial charge on any atom is -0.493 e. The van der Waals surface area contributed by atoms with Crippen molar-refractivity contribution in [1.82, 2.24) is 14.7 Å². The molecule has 2 heterocycles. The van der Waals surface area contributed by atoms with Crippen molar-refractivity contribution < 1.29 is 9.84 Å². The number of methoxy groups -OCH3 is 1. The SMILES string of the molecule is COc1cnn(C)c1C(O)C1(N2CCCC2)CCCC1. The summed E-state index contributed by atoms with van der Waals surface area (Å²) < 4.78 is 7.16. The Morgan fingerprint density at radius 1 is 1.25 bits per heavy atom. The summed E-state index contributed by atoms with van der Waals surface area (Å²) in [5.41, 5.74) is 0.707. The molecule has 2 aliphatic rings. The van der Waals surface area contributed by atoms with Gasteiger partial charge in [0, 0.05) is 7.05 Å². The van der Waals surface area contributed by atoms with Crippen molar-refractivity contribution >= 4 is 0 Å². The highest BCUT2D eigenvalue weighted by atomic mass is 16.5. The highest BCUT2D eigenvalue weighted by Crippen LogP contribution is 2.47. The molecule has 2 fully saturated rings. The van der Waals surface area contributed by atoms with E-state index in [9.17, 15) is 5.11 Å². The second-order valence-electron chi connectivity index (χ2n) is 6.13. The Balaban J connectivity index is 1.96. The Morgan fingerprint density at radius 3 is 2.50 bits per heavy atom. The number of aliphatic hydroxyl groups excluding tert-OH is 1. The van der Waals surface area contributed by atoms with Crippen molar-refractivity contribution in [1.29, 1.82) is 0 Å². The van der Waals surface area contributed by atoms with Gasteiger partial charge in [-0.1, -0.05) is 12.8 Å². The molecule has 1 saturated carbocycles. The van der Waals surface area contributed by atoms with Crippen molar-refractivity contribution in [2.45, 2.75) is 50.2 Å². The number of aryl methyl sites for hydroxylation is 1. The molecular formula is C15H25N3O2. The van der Waals surface area contributed by atoms with Gasteiger partial charge in [0.2, 0.25) is 0 Å². The van der Waals surface area contributed by atoms with E-state index in [0.29, 0.717) is 5.75 Å². The van der Waals surface area contributed by atoms with E-state index in [1.54, 1.807) is 18.0 Å². The first-order valence-corrected chi connectivity index (χ1v) is 7.68. The van der Waals surface area contributed by atoms with Crippen LogP contribution in [0.15, 0.2) is 6.20 Å². The average molecular weight is 279 g/mol. The van der Waals surface area contributed by atoms with E-state index in [-0.39, 0.29) is 5.54 Å². The van der Waals surface area contributed by atoms with Gasteiger partial charge in [0.05, 0.1) is 18.8 Å². The number of aromatic nitrogens is 2. The molecule has 1 saturated heterocycles. The van der Waals surface area contributed by atoms with Crippen molar-refractivity contribution in [3.63, 3.8) is 0 Å². The Hall–Kier alpha value is -1.07. The summed E-state index contributed by atoms with van der Waals surface area (Å²) in [5, 5.41) is 15.4.